The summed E-state index contributed by atoms with van der Waals surface area (Å²) in [6.45, 7) is 3.76. The Labute approximate surface area is 132 Å². The first-order chi connectivity index (χ1) is 9.97. The molecule has 2 rings (SSSR count). The summed E-state index contributed by atoms with van der Waals surface area (Å²) in [4.78, 5) is 20.1. The standard InChI is InChI=1S/C14H14Cl2N4O/c1-8(2)18-13(21)11-6-7-17-14(20-11)19-10-5-3-4-9(15)12(10)16/h3-8H,1-2H3,(H,18,21)(H,17,19,20). The average molecular weight is 325 g/mol. The molecule has 0 saturated heterocycles. The molecule has 0 saturated carbocycles. The molecule has 0 aliphatic carbocycles. The highest BCUT2D eigenvalue weighted by atomic mass is 35.5. The molecule has 21 heavy (non-hydrogen) atoms. The highest BCUT2D eigenvalue weighted by molar-refractivity contribution is 6.43. The van der Waals surface area contributed by atoms with Crippen LogP contribution in [0, 0.1) is 0 Å². The number of rotatable bonds is 4. The smallest absolute Gasteiger partial charge is 0.270 e. The second-order valence-corrected chi connectivity index (χ2v) is 5.41. The summed E-state index contributed by atoms with van der Waals surface area (Å²) in [7, 11) is 0. The number of benzene rings is 1. The van der Waals surface area contributed by atoms with Gasteiger partial charge in [-0.15, -0.1) is 0 Å². The quantitative estimate of drug-likeness (QED) is 0.900. The molecule has 2 aromatic rings. The van der Waals surface area contributed by atoms with Crippen molar-refractivity contribution in [3.8, 4) is 0 Å². The number of halogens is 2. The van der Waals surface area contributed by atoms with E-state index in [-0.39, 0.29) is 23.6 Å². The SMILES string of the molecule is CC(C)NC(=O)c1ccnc(Nc2cccc(Cl)c2Cl)n1. The molecule has 0 spiro atoms. The van der Waals surface area contributed by atoms with E-state index in [9.17, 15) is 4.79 Å². The van der Waals surface area contributed by atoms with Crippen molar-refractivity contribution in [2.75, 3.05) is 5.32 Å². The number of carbonyl (C=O) groups is 1. The molecule has 0 fully saturated rings. The van der Waals surface area contributed by atoms with Crippen LogP contribution in [0.1, 0.15) is 24.3 Å². The molecule has 5 nitrogen and oxygen atoms in total. The van der Waals surface area contributed by atoms with Crippen molar-refractivity contribution < 1.29 is 4.79 Å². The van der Waals surface area contributed by atoms with Gasteiger partial charge in [0.25, 0.3) is 5.91 Å². The molecule has 1 heterocycles. The summed E-state index contributed by atoms with van der Waals surface area (Å²) in [5.41, 5.74) is 0.852. The monoisotopic (exact) mass is 324 g/mol. The van der Waals surface area contributed by atoms with Crippen LogP contribution in [0.3, 0.4) is 0 Å². The minimum Gasteiger partial charge on any atom is -0.349 e. The van der Waals surface area contributed by atoms with E-state index in [0.29, 0.717) is 15.7 Å². The highest BCUT2D eigenvalue weighted by Crippen LogP contribution is 2.30. The summed E-state index contributed by atoms with van der Waals surface area (Å²) >= 11 is 12.0. The van der Waals surface area contributed by atoms with Crippen LogP contribution in [0.5, 0.6) is 0 Å². The van der Waals surface area contributed by atoms with Gasteiger partial charge in [-0.3, -0.25) is 4.79 Å². The van der Waals surface area contributed by atoms with Crippen LogP contribution in [-0.4, -0.2) is 21.9 Å². The second-order valence-electron chi connectivity index (χ2n) is 4.62. The Morgan fingerprint density at radius 2 is 2.00 bits per heavy atom. The Morgan fingerprint density at radius 3 is 2.71 bits per heavy atom. The molecular weight excluding hydrogens is 311 g/mol. The van der Waals surface area contributed by atoms with Crippen LogP contribution in [0.2, 0.25) is 10.0 Å². The molecule has 7 heteroatoms. The third-order valence-corrected chi connectivity index (χ3v) is 3.32. The van der Waals surface area contributed by atoms with E-state index in [1.165, 1.54) is 6.20 Å². The van der Waals surface area contributed by atoms with Gasteiger partial charge in [0.05, 0.1) is 15.7 Å². The fourth-order valence-corrected chi connectivity index (χ4v) is 1.95. The van der Waals surface area contributed by atoms with E-state index in [1.54, 1.807) is 24.3 Å². The van der Waals surface area contributed by atoms with Gasteiger partial charge >= 0.3 is 0 Å². The first kappa shape index (κ1) is 15.5. The Bertz CT molecular complexity index is 661. The number of carbonyl (C=O) groups excluding carboxylic acids is 1. The molecule has 0 atom stereocenters. The fraction of sp³-hybridized carbons (Fsp3) is 0.214. The van der Waals surface area contributed by atoms with Crippen molar-refractivity contribution in [3.05, 3.63) is 46.2 Å². The maximum absolute atomic E-state index is 11.9. The summed E-state index contributed by atoms with van der Waals surface area (Å²) in [6, 6.07) is 6.76. The van der Waals surface area contributed by atoms with Crippen LogP contribution >= 0.6 is 23.2 Å². The molecule has 0 aliphatic rings. The van der Waals surface area contributed by atoms with Crippen molar-refractivity contribution in [2.45, 2.75) is 19.9 Å². The molecule has 2 N–H and O–H groups in total. The van der Waals surface area contributed by atoms with Crippen LogP contribution in [0.15, 0.2) is 30.5 Å². The molecule has 1 aromatic heterocycles. The first-order valence-corrected chi connectivity index (χ1v) is 7.08. The van der Waals surface area contributed by atoms with E-state index < -0.39 is 0 Å². The zero-order chi connectivity index (χ0) is 15.4. The van der Waals surface area contributed by atoms with Crippen molar-refractivity contribution in [1.29, 1.82) is 0 Å². The van der Waals surface area contributed by atoms with Gasteiger partial charge in [0.2, 0.25) is 5.95 Å². The summed E-state index contributed by atoms with van der Waals surface area (Å²) in [6.07, 6.45) is 1.50. The van der Waals surface area contributed by atoms with Gasteiger partial charge in [0.15, 0.2) is 0 Å². The summed E-state index contributed by atoms with van der Waals surface area (Å²) < 4.78 is 0. The fourth-order valence-electron chi connectivity index (χ4n) is 1.60. The van der Waals surface area contributed by atoms with E-state index in [0.717, 1.165) is 0 Å². The van der Waals surface area contributed by atoms with Gasteiger partial charge in [-0.1, -0.05) is 29.3 Å². The number of hydrogen-bond acceptors (Lipinski definition) is 4. The van der Waals surface area contributed by atoms with Crippen LogP contribution in [0.25, 0.3) is 0 Å². The third-order valence-electron chi connectivity index (χ3n) is 2.51. The van der Waals surface area contributed by atoms with Gasteiger partial charge in [0, 0.05) is 12.2 Å². The normalized spacial score (nSPS) is 10.5. The maximum Gasteiger partial charge on any atom is 0.270 e. The Morgan fingerprint density at radius 1 is 1.24 bits per heavy atom. The predicted octanol–water partition coefficient (Wildman–Crippen LogP) is 3.67. The first-order valence-electron chi connectivity index (χ1n) is 6.32. The Balaban J connectivity index is 2.22. The molecule has 0 bridgehead atoms. The van der Waals surface area contributed by atoms with Gasteiger partial charge in [-0.05, 0) is 32.0 Å². The molecule has 1 aromatic carbocycles. The number of nitrogens with one attached hydrogen (secondary N) is 2. The van der Waals surface area contributed by atoms with Gasteiger partial charge < -0.3 is 10.6 Å². The van der Waals surface area contributed by atoms with Gasteiger partial charge in [-0.2, -0.15) is 0 Å². The topological polar surface area (TPSA) is 66.9 Å². The second kappa shape index (κ2) is 6.74. The molecule has 1 amide bonds. The summed E-state index contributed by atoms with van der Waals surface area (Å²) in [5, 5.41) is 6.51. The van der Waals surface area contributed by atoms with Crippen LogP contribution in [0.4, 0.5) is 11.6 Å². The maximum atomic E-state index is 11.9. The zero-order valence-electron chi connectivity index (χ0n) is 11.5. The third kappa shape index (κ3) is 4.06. The molecule has 110 valence electrons. The lowest BCUT2D eigenvalue weighted by Crippen LogP contribution is -2.30. The van der Waals surface area contributed by atoms with Crippen molar-refractivity contribution in [1.82, 2.24) is 15.3 Å². The largest absolute Gasteiger partial charge is 0.349 e. The zero-order valence-corrected chi connectivity index (χ0v) is 13.0. The van der Waals surface area contributed by atoms with E-state index in [1.807, 2.05) is 13.8 Å². The number of hydrogen-bond donors (Lipinski definition) is 2. The highest BCUT2D eigenvalue weighted by Gasteiger charge is 2.11. The van der Waals surface area contributed by atoms with E-state index in [2.05, 4.69) is 20.6 Å². The van der Waals surface area contributed by atoms with Crippen molar-refractivity contribution in [2.24, 2.45) is 0 Å². The molecule has 0 unspecified atom stereocenters. The van der Waals surface area contributed by atoms with Gasteiger partial charge in [-0.25, -0.2) is 9.97 Å². The summed E-state index contributed by atoms with van der Waals surface area (Å²) in [5.74, 6) is 0.0169. The Kier molecular flexibility index (Phi) is 4.98. The number of anilines is 2. The van der Waals surface area contributed by atoms with Crippen molar-refractivity contribution in [3.63, 3.8) is 0 Å². The molecule has 0 aliphatic heterocycles. The molecule has 0 radical (unpaired) electrons. The number of aromatic nitrogens is 2. The lowest BCUT2D eigenvalue weighted by atomic mass is 10.3. The number of amides is 1. The number of nitrogens with zero attached hydrogens (tertiary/aromatic N) is 2. The minimum atomic E-state index is -0.257. The van der Waals surface area contributed by atoms with E-state index in [4.69, 9.17) is 23.2 Å². The van der Waals surface area contributed by atoms with Gasteiger partial charge in [0.1, 0.15) is 5.69 Å². The van der Waals surface area contributed by atoms with Crippen LogP contribution in [-0.2, 0) is 0 Å². The lowest BCUT2D eigenvalue weighted by Gasteiger charge is -2.10. The minimum absolute atomic E-state index is 0.0336. The average Bonchev–Trinajstić information content (AvgIpc) is 2.43. The predicted molar refractivity (Wildman–Crippen MR) is 84.4 cm³/mol. The lowest BCUT2D eigenvalue weighted by molar-refractivity contribution is 0.0938. The van der Waals surface area contributed by atoms with E-state index >= 15 is 0 Å². The van der Waals surface area contributed by atoms with Crippen molar-refractivity contribution >= 4 is 40.7 Å². The Hall–Kier alpha value is -1.85. The van der Waals surface area contributed by atoms with Crippen LogP contribution < -0.4 is 10.6 Å². The molecular formula is C14H14Cl2N4O.